The maximum absolute atomic E-state index is 14.6. The van der Waals surface area contributed by atoms with Crippen molar-refractivity contribution in [1.29, 1.82) is 0 Å². The molecule has 0 bridgehead atoms. The average Bonchev–Trinajstić information content (AvgIpc) is 3.65. The Morgan fingerprint density at radius 3 is 2.20 bits per heavy atom. The number of fused-ring (bicyclic) bond motifs is 1. The van der Waals surface area contributed by atoms with Gasteiger partial charge in [0.2, 0.25) is 5.91 Å². The molecule has 1 fully saturated rings. The van der Waals surface area contributed by atoms with E-state index in [1.54, 1.807) is 6.07 Å². The number of nitrogens with zero attached hydrogens (tertiary/aromatic N) is 3. The minimum atomic E-state index is -4.40. The highest BCUT2D eigenvalue weighted by Gasteiger charge is 2.30. The van der Waals surface area contributed by atoms with Gasteiger partial charge in [0.1, 0.15) is 6.54 Å². The van der Waals surface area contributed by atoms with Gasteiger partial charge in [0.15, 0.2) is 11.6 Å². The van der Waals surface area contributed by atoms with E-state index in [2.05, 4.69) is 11.5 Å². The number of carbonyl (C=O) groups excluding carboxylic acids is 1. The van der Waals surface area contributed by atoms with E-state index in [9.17, 15) is 26.7 Å². The van der Waals surface area contributed by atoms with Crippen LogP contribution in [0.15, 0.2) is 109 Å². The lowest BCUT2D eigenvalue weighted by Gasteiger charge is -2.35. The van der Waals surface area contributed by atoms with E-state index in [-0.39, 0.29) is 24.4 Å². The number of benzene rings is 4. The fourth-order valence-corrected chi connectivity index (χ4v) is 6.94. The Hall–Kier alpha value is -4.76. The van der Waals surface area contributed by atoms with Crippen LogP contribution in [0.1, 0.15) is 54.4 Å². The predicted octanol–water partition coefficient (Wildman–Crippen LogP) is 9.91. The number of likely N-dealkylation sites (tertiary alicyclic amines) is 1. The zero-order chi connectivity index (χ0) is 36.0. The van der Waals surface area contributed by atoms with Crippen molar-refractivity contribution in [3.8, 4) is 11.1 Å². The number of amides is 1. The van der Waals surface area contributed by atoms with E-state index < -0.39 is 23.4 Å². The van der Waals surface area contributed by atoms with Crippen molar-refractivity contribution in [2.24, 2.45) is 0 Å². The number of anilines is 1. The van der Waals surface area contributed by atoms with Crippen molar-refractivity contribution in [3.63, 3.8) is 0 Å². The maximum atomic E-state index is 14.6. The number of hydrogen-bond acceptors (Lipinski definition) is 3. The highest BCUT2D eigenvalue weighted by molar-refractivity contribution is 5.90. The number of aryl methyl sites for hydroxylation is 1. The summed E-state index contributed by atoms with van der Waals surface area (Å²) in [6.45, 7) is 8.44. The molecule has 0 atom stereocenters. The normalized spacial score (nSPS) is 14.8. The van der Waals surface area contributed by atoms with Gasteiger partial charge in [-0.3, -0.25) is 4.79 Å². The monoisotopic (exact) mass is 699 g/mol. The van der Waals surface area contributed by atoms with Gasteiger partial charge in [-0.05, 0) is 116 Å². The number of carbonyl (C=O) groups is 1. The molecule has 2 aliphatic rings. The first-order chi connectivity index (χ1) is 24.6. The molecule has 0 N–H and O–H groups in total. The van der Waals surface area contributed by atoms with Crippen LogP contribution in [-0.4, -0.2) is 48.4 Å². The second-order valence-corrected chi connectivity index (χ2v) is 13.3. The molecule has 4 nitrogen and oxygen atoms in total. The zero-order valence-electron chi connectivity index (χ0n) is 28.6. The standard InChI is InChI=1S/C42H42F5N3O/c1-30-27-36(22-19-34-9-8-11-38(43)41(34)44)50(39-12-3-2-10-37(30)39)29-40(51)49(26-7-6-25-48-23-4-5-24-48)28-31-13-15-32(16-14-31)33-17-20-35(21-18-33)42(45,46)47/h2-3,8-18,20-21,27H,1,4-7,19,22-26,28-29H2. The largest absolute Gasteiger partial charge is 0.416 e. The molecule has 4 aromatic carbocycles. The van der Waals surface area contributed by atoms with Gasteiger partial charge in [0, 0.05) is 30.0 Å². The van der Waals surface area contributed by atoms with Crippen LogP contribution in [0.3, 0.4) is 0 Å². The molecule has 0 radical (unpaired) electrons. The highest BCUT2D eigenvalue weighted by atomic mass is 19.4. The van der Waals surface area contributed by atoms with E-state index >= 15 is 0 Å². The smallest absolute Gasteiger partial charge is 0.337 e. The number of para-hydroxylation sites is 1. The first-order valence-corrected chi connectivity index (χ1v) is 17.5. The van der Waals surface area contributed by atoms with Crippen LogP contribution >= 0.6 is 0 Å². The van der Waals surface area contributed by atoms with Gasteiger partial charge in [0.25, 0.3) is 0 Å². The summed E-state index contributed by atoms with van der Waals surface area (Å²) in [6.07, 6.45) is 2.40. The molecule has 0 unspecified atom stereocenters. The van der Waals surface area contributed by atoms with Gasteiger partial charge >= 0.3 is 6.18 Å². The fraction of sp³-hybridized carbons (Fsp3) is 0.310. The third-order valence-corrected chi connectivity index (χ3v) is 9.78. The lowest BCUT2D eigenvalue weighted by molar-refractivity contribution is -0.137. The molecule has 1 saturated heterocycles. The van der Waals surface area contributed by atoms with E-state index in [1.807, 2.05) is 64.4 Å². The van der Waals surface area contributed by atoms with Crippen molar-refractivity contribution in [3.05, 3.63) is 143 Å². The molecule has 0 saturated carbocycles. The van der Waals surface area contributed by atoms with Gasteiger partial charge in [-0.25, -0.2) is 8.78 Å². The molecule has 0 aliphatic carbocycles. The average molecular weight is 700 g/mol. The molecule has 4 aromatic rings. The molecule has 1 amide bonds. The van der Waals surface area contributed by atoms with Gasteiger partial charge < -0.3 is 14.7 Å². The summed E-state index contributed by atoms with van der Waals surface area (Å²) in [7, 11) is 0. The number of allylic oxidation sites excluding steroid dienone is 3. The Morgan fingerprint density at radius 2 is 1.49 bits per heavy atom. The Bertz CT molecular complexity index is 1860. The molecule has 2 heterocycles. The van der Waals surface area contributed by atoms with Gasteiger partial charge in [-0.2, -0.15) is 13.2 Å². The molecule has 6 rings (SSSR count). The Kier molecular flexibility index (Phi) is 11.4. The highest BCUT2D eigenvalue weighted by Crippen LogP contribution is 2.37. The first kappa shape index (κ1) is 36.0. The third kappa shape index (κ3) is 8.95. The maximum Gasteiger partial charge on any atom is 0.416 e. The topological polar surface area (TPSA) is 26.8 Å². The quantitative estimate of drug-likeness (QED) is 0.103. The van der Waals surface area contributed by atoms with Crippen LogP contribution < -0.4 is 4.90 Å². The fourth-order valence-electron chi connectivity index (χ4n) is 6.94. The molecular weight excluding hydrogens is 657 g/mol. The zero-order valence-corrected chi connectivity index (χ0v) is 28.6. The molecule has 266 valence electrons. The minimum Gasteiger partial charge on any atom is -0.337 e. The summed E-state index contributed by atoms with van der Waals surface area (Å²) in [5.41, 5.74) is 5.26. The molecule has 0 spiro atoms. The third-order valence-electron chi connectivity index (χ3n) is 9.78. The molecule has 2 aliphatic heterocycles. The predicted molar refractivity (Wildman–Crippen MR) is 193 cm³/mol. The lowest BCUT2D eigenvalue weighted by Crippen LogP contribution is -2.41. The molecule has 0 aromatic heterocycles. The van der Waals surface area contributed by atoms with Crippen LogP contribution in [0.4, 0.5) is 27.6 Å². The number of alkyl halides is 3. The Balaban J connectivity index is 1.20. The van der Waals surface area contributed by atoms with Crippen LogP contribution in [0.2, 0.25) is 0 Å². The summed E-state index contributed by atoms with van der Waals surface area (Å²) in [4.78, 5) is 20.6. The molecular formula is C42H42F5N3O. The van der Waals surface area contributed by atoms with Crippen LogP contribution in [0, 0.1) is 11.6 Å². The second kappa shape index (κ2) is 16.1. The van der Waals surface area contributed by atoms with Crippen molar-refractivity contribution < 1.29 is 26.7 Å². The summed E-state index contributed by atoms with van der Waals surface area (Å²) in [5.74, 6) is -1.83. The van der Waals surface area contributed by atoms with Crippen molar-refractivity contribution in [1.82, 2.24) is 9.80 Å². The van der Waals surface area contributed by atoms with Crippen LogP contribution in [0.25, 0.3) is 16.7 Å². The van der Waals surface area contributed by atoms with Gasteiger partial charge in [0.05, 0.1) is 5.56 Å². The van der Waals surface area contributed by atoms with Crippen molar-refractivity contribution in [2.75, 3.05) is 37.6 Å². The van der Waals surface area contributed by atoms with Gasteiger partial charge in [-0.15, -0.1) is 0 Å². The number of halogens is 5. The summed E-state index contributed by atoms with van der Waals surface area (Å²) < 4.78 is 67.8. The first-order valence-electron chi connectivity index (χ1n) is 17.5. The van der Waals surface area contributed by atoms with Crippen molar-refractivity contribution in [2.45, 2.75) is 51.2 Å². The van der Waals surface area contributed by atoms with Crippen LogP contribution in [-0.2, 0) is 23.9 Å². The second-order valence-electron chi connectivity index (χ2n) is 13.3. The Morgan fingerprint density at radius 1 is 0.804 bits per heavy atom. The number of hydrogen-bond donors (Lipinski definition) is 0. The summed E-state index contributed by atoms with van der Waals surface area (Å²) in [5, 5.41) is 0. The van der Waals surface area contributed by atoms with E-state index in [4.69, 9.17) is 0 Å². The Labute approximate surface area is 296 Å². The SMILES string of the molecule is C=C1C=C(CCc2cccc(F)c2F)N(CC(=O)N(CCCCN2CCCC2)Cc2ccc(-c3ccc(C(F)(F)F)cc3)cc2)c2ccccc21. The van der Waals surface area contributed by atoms with Crippen molar-refractivity contribution >= 4 is 17.2 Å². The number of unbranched alkanes of at least 4 members (excludes halogenated alkanes) is 1. The van der Waals surface area contributed by atoms with E-state index in [0.29, 0.717) is 25.1 Å². The number of rotatable bonds is 13. The lowest BCUT2D eigenvalue weighted by atomic mass is 9.96. The summed E-state index contributed by atoms with van der Waals surface area (Å²) in [6, 6.07) is 24.6. The van der Waals surface area contributed by atoms with E-state index in [0.717, 1.165) is 84.3 Å². The summed E-state index contributed by atoms with van der Waals surface area (Å²) >= 11 is 0. The minimum absolute atomic E-state index is 0.0531. The van der Waals surface area contributed by atoms with E-state index in [1.165, 1.54) is 31.0 Å². The molecule has 51 heavy (non-hydrogen) atoms. The van der Waals surface area contributed by atoms with Gasteiger partial charge in [-0.1, -0.05) is 73.3 Å². The van der Waals surface area contributed by atoms with Crippen LogP contribution in [0.5, 0.6) is 0 Å². The molecule has 9 heteroatoms.